The molecule has 0 bridgehead atoms. The highest BCUT2D eigenvalue weighted by Gasteiger charge is 2.02. The van der Waals surface area contributed by atoms with Crippen LogP contribution in [0.2, 0.25) is 5.15 Å². The van der Waals surface area contributed by atoms with Gasteiger partial charge in [0.05, 0.1) is 0 Å². The highest BCUT2D eigenvalue weighted by Crippen LogP contribution is 2.27. The van der Waals surface area contributed by atoms with Crippen LogP contribution in [0.5, 0.6) is 10.9 Å². The van der Waals surface area contributed by atoms with E-state index in [1.54, 1.807) is 5.38 Å². The van der Waals surface area contributed by atoms with Crippen molar-refractivity contribution in [3.8, 4) is 10.9 Å². The molecule has 15 heavy (non-hydrogen) atoms. The van der Waals surface area contributed by atoms with Crippen LogP contribution < -0.4 is 10.5 Å². The van der Waals surface area contributed by atoms with E-state index in [-0.39, 0.29) is 0 Å². The molecule has 0 saturated carbocycles. The summed E-state index contributed by atoms with van der Waals surface area (Å²) in [6.07, 6.45) is 0. The van der Waals surface area contributed by atoms with Gasteiger partial charge in [-0.1, -0.05) is 35.1 Å². The number of ether oxygens (including phenoxy) is 1. The summed E-state index contributed by atoms with van der Waals surface area (Å²) in [7, 11) is 0. The van der Waals surface area contributed by atoms with Crippen LogP contribution in [0.3, 0.4) is 0 Å². The van der Waals surface area contributed by atoms with Crippen LogP contribution in [0, 0.1) is 0 Å². The van der Waals surface area contributed by atoms with Crippen LogP contribution >= 0.6 is 22.9 Å². The summed E-state index contributed by atoms with van der Waals surface area (Å²) >= 11 is 7.05. The number of benzene rings is 1. The molecule has 0 aliphatic rings. The Bertz CT molecular complexity index is 458. The Hall–Kier alpha value is -1.10. The zero-order valence-corrected chi connectivity index (χ0v) is 9.39. The minimum absolute atomic E-state index is 0.449. The zero-order chi connectivity index (χ0) is 10.7. The lowest BCUT2D eigenvalue weighted by atomic mass is 10.2. The van der Waals surface area contributed by atoms with Gasteiger partial charge >= 0.3 is 0 Å². The van der Waals surface area contributed by atoms with Gasteiger partial charge < -0.3 is 10.5 Å². The van der Waals surface area contributed by atoms with Gasteiger partial charge in [0.15, 0.2) is 0 Å². The van der Waals surface area contributed by atoms with E-state index in [1.165, 1.54) is 11.3 Å². The van der Waals surface area contributed by atoms with Crippen molar-refractivity contribution in [2.24, 2.45) is 5.73 Å². The molecule has 0 saturated heterocycles. The second-order valence-electron chi connectivity index (χ2n) is 2.89. The van der Waals surface area contributed by atoms with E-state index in [9.17, 15) is 0 Å². The average Bonchev–Trinajstić information content (AvgIpc) is 2.64. The molecule has 0 aliphatic carbocycles. The number of nitrogens with two attached hydrogens (primary N) is 1. The third kappa shape index (κ3) is 2.68. The summed E-state index contributed by atoms with van der Waals surface area (Å²) in [5, 5.41) is 2.71. The van der Waals surface area contributed by atoms with Crippen molar-refractivity contribution in [3.05, 3.63) is 40.4 Å². The highest BCUT2D eigenvalue weighted by atomic mass is 35.5. The second kappa shape index (κ2) is 4.61. The Morgan fingerprint density at radius 1 is 1.47 bits per heavy atom. The molecule has 0 atom stereocenters. The monoisotopic (exact) mass is 240 g/mol. The molecule has 0 amide bonds. The Morgan fingerprint density at radius 2 is 2.33 bits per heavy atom. The number of halogens is 1. The van der Waals surface area contributed by atoms with Crippen LogP contribution in [0.4, 0.5) is 0 Å². The minimum Gasteiger partial charge on any atom is -0.431 e. The molecule has 0 aliphatic heterocycles. The van der Waals surface area contributed by atoms with Gasteiger partial charge in [0.25, 0.3) is 5.19 Å². The van der Waals surface area contributed by atoms with Crippen LogP contribution in [0.25, 0.3) is 0 Å². The predicted molar refractivity (Wildman–Crippen MR) is 61.5 cm³/mol. The van der Waals surface area contributed by atoms with E-state index in [4.69, 9.17) is 22.1 Å². The van der Waals surface area contributed by atoms with Gasteiger partial charge in [-0.15, -0.1) is 0 Å². The van der Waals surface area contributed by atoms with E-state index < -0.39 is 0 Å². The van der Waals surface area contributed by atoms with Crippen molar-refractivity contribution < 1.29 is 4.74 Å². The maximum atomic E-state index is 5.68. The van der Waals surface area contributed by atoms with Crippen LogP contribution in [-0.2, 0) is 6.54 Å². The summed E-state index contributed by atoms with van der Waals surface area (Å²) in [6, 6.07) is 7.58. The Kier molecular flexibility index (Phi) is 3.20. The van der Waals surface area contributed by atoms with Gasteiger partial charge in [0, 0.05) is 11.9 Å². The van der Waals surface area contributed by atoms with Gasteiger partial charge in [-0.2, -0.15) is 4.98 Å². The average molecular weight is 241 g/mol. The minimum atomic E-state index is 0.449. The van der Waals surface area contributed by atoms with E-state index in [1.807, 2.05) is 24.3 Å². The van der Waals surface area contributed by atoms with Crippen molar-refractivity contribution >= 4 is 22.9 Å². The topological polar surface area (TPSA) is 48.1 Å². The number of aromatic nitrogens is 1. The third-order valence-electron chi connectivity index (χ3n) is 1.79. The molecule has 1 aromatic carbocycles. The second-order valence-corrected chi connectivity index (χ2v) is 4.10. The molecule has 0 fully saturated rings. The summed E-state index contributed by atoms with van der Waals surface area (Å²) < 4.78 is 5.51. The van der Waals surface area contributed by atoms with Gasteiger partial charge in [-0.3, -0.25) is 0 Å². The third-order valence-corrected chi connectivity index (χ3v) is 2.83. The molecule has 2 N–H and O–H groups in total. The summed E-state index contributed by atoms with van der Waals surface area (Å²) in [5.74, 6) is 0.726. The fourth-order valence-corrected chi connectivity index (χ4v) is 1.93. The lowest BCUT2D eigenvalue weighted by Gasteiger charge is -2.02. The maximum absolute atomic E-state index is 5.68. The van der Waals surface area contributed by atoms with Crippen molar-refractivity contribution in [3.63, 3.8) is 0 Å². The lowest BCUT2D eigenvalue weighted by Crippen LogP contribution is -1.95. The van der Waals surface area contributed by atoms with E-state index in [2.05, 4.69) is 4.98 Å². The molecule has 0 spiro atoms. The SMILES string of the molecule is NCc1cccc(Oc2nc(Cl)cs2)c1. The van der Waals surface area contributed by atoms with Crippen LogP contribution in [0.1, 0.15) is 5.56 Å². The van der Waals surface area contributed by atoms with E-state index in [0.717, 1.165) is 11.3 Å². The Balaban J connectivity index is 2.16. The van der Waals surface area contributed by atoms with E-state index >= 15 is 0 Å². The Labute approximate surface area is 96.5 Å². The van der Waals surface area contributed by atoms with Crippen molar-refractivity contribution in [2.75, 3.05) is 0 Å². The fraction of sp³-hybridized carbons (Fsp3) is 0.100. The quantitative estimate of drug-likeness (QED) is 0.897. The molecule has 5 heteroatoms. The maximum Gasteiger partial charge on any atom is 0.280 e. The summed E-state index contributed by atoms with van der Waals surface area (Å²) in [6.45, 7) is 0.496. The smallest absolute Gasteiger partial charge is 0.280 e. The predicted octanol–water partition coefficient (Wildman–Crippen LogP) is 3.05. The standard InChI is InChI=1S/C10H9ClN2OS/c11-9-6-15-10(13-9)14-8-3-1-2-7(4-8)5-12/h1-4,6H,5,12H2. The van der Waals surface area contributed by atoms with E-state index in [0.29, 0.717) is 16.9 Å². The van der Waals surface area contributed by atoms with Crippen LogP contribution in [-0.4, -0.2) is 4.98 Å². The van der Waals surface area contributed by atoms with Crippen molar-refractivity contribution in [1.29, 1.82) is 0 Å². The molecule has 1 heterocycles. The molecule has 0 unspecified atom stereocenters. The molecule has 2 aromatic rings. The first-order valence-electron chi connectivity index (χ1n) is 4.36. The normalized spacial score (nSPS) is 10.3. The number of nitrogens with zero attached hydrogens (tertiary/aromatic N) is 1. The molecule has 2 rings (SSSR count). The first-order chi connectivity index (χ1) is 7.28. The fourth-order valence-electron chi connectivity index (χ4n) is 1.12. The molecular weight excluding hydrogens is 232 g/mol. The molecular formula is C10H9ClN2OS. The first-order valence-corrected chi connectivity index (χ1v) is 5.61. The van der Waals surface area contributed by atoms with Crippen molar-refractivity contribution in [2.45, 2.75) is 6.54 Å². The molecule has 1 aromatic heterocycles. The number of hydrogen-bond donors (Lipinski definition) is 1. The first kappa shape index (κ1) is 10.4. The number of hydrogen-bond acceptors (Lipinski definition) is 4. The molecule has 0 radical (unpaired) electrons. The molecule has 3 nitrogen and oxygen atoms in total. The number of thiazole rings is 1. The number of rotatable bonds is 3. The van der Waals surface area contributed by atoms with Crippen molar-refractivity contribution in [1.82, 2.24) is 4.98 Å². The summed E-state index contributed by atoms with van der Waals surface area (Å²) in [5.41, 5.74) is 6.55. The highest BCUT2D eigenvalue weighted by molar-refractivity contribution is 7.11. The largest absolute Gasteiger partial charge is 0.431 e. The Morgan fingerprint density at radius 3 is 3.00 bits per heavy atom. The van der Waals surface area contributed by atoms with Gasteiger partial charge in [0.2, 0.25) is 0 Å². The van der Waals surface area contributed by atoms with Crippen LogP contribution in [0.15, 0.2) is 29.6 Å². The summed E-state index contributed by atoms with van der Waals surface area (Å²) in [4.78, 5) is 3.99. The van der Waals surface area contributed by atoms with Gasteiger partial charge in [0.1, 0.15) is 10.9 Å². The van der Waals surface area contributed by atoms with Gasteiger partial charge in [-0.05, 0) is 17.7 Å². The zero-order valence-electron chi connectivity index (χ0n) is 7.81. The lowest BCUT2D eigenvalue weighted by molar-refractivity contribution is 0.478. The molecule has 78 valence electrons. The van der Waals surface area contributed by atoms with Gasteiger partial charge in [-0.25, -0.2) is 0 Å².